The molecule has 0 fully saturated rings. The molecule has 0 radical (unpaired) electrons. The summed E-state index contributed by atoms with van der Waals surface area (Å²) in [4.78, 5) is 16.9. The van der Waals surface area contributed by atoms with Crippen LogP contribution in [0.25, 0.3) is 16.8 Å². The average molecular weight is 428 g/mol. The number of hydrogen-bond acceptors (Lipinski definition) is 6. The predicted octanol–water partition coefficient (Wildman–Crippen LogP) is 4.44. The average Bonchev–Trinajstić information content (AvgIpc) is 3.29. The van der Waals surface area contributed by atoms with Crippen LogP contribution in [0.5, 0.6) is 5.75 Å². The zero-order chi connectivity index (χ0) is 22.5. The van der Waals surface area contributed by atoms with E-state index in [0.29, 0.717) is 23.7 Å². The van der Waals surface area contributed by atoms with Crippen molar-refractivity contribution >= 4 is 6.09 Å². The minimum Gasteiger partial charge on any atom is -0.410 e. The number of carbonyl (C=O) groups excluding carboxylic acids is 1. The molecule has 8 nitrogen and oxygen atoms in total. The number of pyridine rings is 1. The van der Waals surface area contributed by atoms with Crippen molar-refractivity contribution in [2.24, 2.45) is 0 Å². The number of nitrogens with one attached hydrogen (secondary N) is 1. The molecule has 1 unspecified atom stereocenters. The molecule has 0 saturated heterocycles. The van der Waals surface area contributed by atoms with Crippen LogP contribution in [0.1, 0.15) is 37.0 Å². The van der Waals surface area contributed by atoms with Crippen molar-refractivity contribution in [2.75, 3.05) is 0 Å². The molecule has 1 N–H and O–H groups in total. The standard InChI is InChI=1S/C24H24N6O2/c1-4-23-27-28-29-30(23)20-13-19(18-10-8-16(2)9-11-18)14-21(15-20)32-24(31)26-17(3)22-7-5-6-12-25-22/h5-15,17H,4H2,1-3H3,(H,26,31). The number of rotatable bonds is 6. The summed E-state index contributed by atoms with van der Waals surface area (Å²) in [6.07, 6.45) is 1.79. The summed E-state index contributed by atoms with van der Waals surface area (Å²) < 4.78 is 7.30. The first-order valence-corrected chi connectivity index (χ1v) is 10.4. The Hall–Kier alpha value is -4.07. The van der Waals surface area contributed by atoms with Gasteiger partial charge < -0.3 is 10.1 Å². The summed E-state index contributed by atoms with van der Waals surface area (Å²) in [5.74, 6) is 1.10. The van der Waals surface area contributed by atoms with E-state index < -0.39 is 6.09 Å². The molecule has 0 aliphatic heterocycles. The Balaban J connectivity index is 1.64. The molecule has 0 saturated carbocycles. The Bertz CT molecular complexity index is 1200. The van der Waals surface area contributed by atoms with Crippen molar-refractivity contribution in [3.8, 4) is 22.6 Å². The Morgan fingerprint density at radius 1 is 1.09 bits per heavy atom. The number of tetrazole rings is 1. The van der Waals surface area contributed by atoms with Crippen LogP contribution < -0.4 is 10.1 Å². The van der Waals surface area contributed by atoms with Gasteiger partial charge in [0.15, 0.2) is 5.82 Å². The fourth-order valence-electron chi connectivity index (χ4n) is 3.32. The van der Waals surface area contributed by atoms with Crippen LogP contribution in [-0.2, 0) is 6.42 Å². The van der Waals surface area contributed by atoms with Crippen molar-refractivity contribution < 1.29 is 9.53 Å². The van der Waals surface area contributed by atoms with E-state index in [2.05, 4.69) is 25.8 Å². The Morgan fingerprint density at radius 2 is 1.91 bits per heavy atom. The third kappa shape index (κ3) is 4.80. The molecule has 0 bridgehead atoms. The smallest absolute Gasteiger partial charge is 0.410 e. The highest BCUT2D eigenvalue weighted by molar-refractivity contribution is 5.74. The van der Waals surface area contributed by atoms with Gasteiger partial charge in [-0.05, 0) is 59.7 Å². The van der Waals surface area contributed by atoms with Gasteiger partial charge in [-0.2, -0.15) is 4.68 Å². The molecule has 0 aliphatic rings. The lowest BCUT2D eigenvalue weighted by atomic mass is 10.0. The quantitative estimate of drug-likeness (QED) is 0.488. The molecule has 8 heteroatoms. The van der Waals surface area contributed by atoms with Gasteiger partial charge in [-0.3, -0.25) is 4.98 Å². The predicted molar refractivity (Wildman–Crippen MR) is 121 cm³/mol. The third-order valence-corrected chi connectivity index (χ3v) is 5.05. The zero-order valence-corrected chi connectivity index (χ0v) is 18.2. The van der Waals surface area contributed by atoms with Crippen LogP contribution in [0.15, 0.2) is 66.9 Å². The van der Waals surface area contributed by atoms with Crippen molar-refractivity contribution in [1.82, 2.24) is 30.5 Å². The highest BCUT2D eigenvalue weighted by atomic mass is 16.6. The number of benzene rings is 2. The molecule has 2 aromatic carbocycles. The maximum Gasteiger partial charge on any atom is 0.413 e. The van der Waals surface area contributed by atoms with E-state index in [1.54, 1.807) is 16.9 Å². The molecule has 0 aliphatic carbocycles. The monoisotopic (exact) mass is 428 g/mol. The van der Waals surface area contributed by atoms with Crippen molar-refractivity contribution in [2.45, 2.75) is 33.2 Å². The van der Waals surface area contributed by atoms with E-state index >= 15 is 0 Å². The lowest BCUT2D eigenvalue weighted by Crippen LogP contribution is -2.30. The second-order valence-electron chi connectivity index (χ2n) is 7.45. The zero-order valence-electron chi connectivity index (χ0n) is 18.2. The van der Waals surface area contributed by atoms with Gasteiger partial charge in [0, 0.05) is 18.7 Å². The molecular weight excluding hydrogens is 404 g/mol. The molecule has 32 heavy (non-hydrogen) atoms. The van der Waals surface area contributed by atoms with E-state index in [0.717, 1.165) is 22.4 Å². The van der Waals surface area contributed by atoms with Crippen molar-refractivity contribution in [3.05, 3.63) is 83.9 Å². The second kappa shape index (κ2) is 9.38. The lowest BCUT2D eigenvalue weighted by molar-refractivity contribution is 0.196. The largest absolute Gasteiger partial charge is 0.413 e. The molecule has 4 rings (SSSR count). The number of ether oxygens (including phenoxy) is 1. The lowest BCUT2D eigenvalue weighted by Gasteiger charge is -2.15. The van der Waals surface area contributed by atoms with Gasteiger partial charge >= 0.3 is 6.09 Å². The Kier molecular flexibility index (Phi) is 6.21. The van der Waals surface area contributed by atoms with E-state index in [4.69, 9.17) is 4.74 Å². The first kappa shape index (κ1) is 21.2. The van der Waals surface area contributed by atoms with Gasteiger partial charge in [0.25, 0.3) is 0 Å². The fraction of sp³-hybridized carbons (Fsp3) is 0.208. The summed E-state index contributed by atoms with van der Waals surface area (Å²) in [6, 6.07) is 19.0. The number of hydrogen-bond donors (Lipinski definition) is 1. The molecular formula is C24H24N6O2. The SMILES string of the molecule is CCc1nnnn1-c1cc(OC(=O)NC(C)c2ccccn2)cc(-c2ccc(C)cc2)c1. The summed E-state index contributed by atoms with van der Waals surface area (Å²) in [5, 5.41) is 14.8. The molecule has 2 heterocycles. The van der Waals surface area contributed by atoms with Gasteiger partial charge in [0.2, 0.25) is 0 Å². The van der Waals surface area contributed by atoms with Crippen LogP contribution in [0.2, 0.25) is 0 Å². The topological polar surface area (TPSA) is 94.8 Å². The summed E-state index contributed by atoms with van der Waals surface area (Å²) in [6.45, 7) is 5.87. The van der Waals surface area contributed by atoms with E-state index in [1.165, 1.54) is 0 Å². The van der Waals surface area contributed by atoms with Gasteiger partial charge in [0.05, 0.1) is 17.4 Å². The summed E-state index contributed by atoms with van der Waals surface area (Å²) in [5.41, 5.74) is 4.51. The second-order valence-corrected chi connectivity index (χ2v) is 7.45. The van der Waals surface area contributed by atoms with Crippen LogP contribution in [0.3, 0.4) is 0 Å². The highest BCUT2D eigenvalue weighted by Gasteiger charge is 2.15. The first-order chi connectivity index (χ1) is 15.5. The van der Waals surface area contributed by atoms with Crippen molar-refractivity contribution in [1.29, 1.82) is 0 Å². The Morgan fingerprint density at radius 3 is 2.62 bits per heavy atom. The molecule has 162 valence electrons. The van der Waals surface area contributed by atoms with E-state index in [9.17, 15) is 4.79 Å². The van der Waals surface area contributed by atoms with Crippen LogP contribution >= 0.6 is 0 Å². The van der Waals surface area contributed by atoms with Crippen LogP contribution in [0.4, 0.5) is 4.79 Å². The number of carbonyl (C=O) groups is 1. The molecule has 0 spiro atoms. The van der Waals surface area contributed by atoms with Crippen molar-refractivity contribution in [3.63, 3.8) is 0 Å². The Labute approximate surface area is 186 Å². The van der Waals surface area contributed by atoms with Gasteiger partial charge in [-0.25, -0.2) is 4.79 Å². The fourth-order valence-corrected chi connectivity index (χ4v) is 3.32. The number of nitrogens with zero attached hydrogens (tertiary/aromatic N) is 5. The van der Waals surface area contributed by atoms with Crippen LogP contribution in [0, 0.1) is 6.92 Å². The normalized spacial score (nSPS) is 11.7. The number of amides is 1. The maximum atomic E-state index is 12.6. The maximum absolute atomic E-state index is 12.6. The number of aryl methyl sites for hydroxylation is 2. The molecule has 1 atom stereocenters. The summed E-state index contributed by atoms with van der Waals surface area (Å²) >= 11 is 0. The molecule has 1 amide bonds. The van der Waals surface area contributed by atoms with Gasteiger partial charge in [-0.1, -0.05) is 42.8 Å². The summed E-state index contributed by atoms with van der Waals surface area (Å²) in [7, 11) is 0. The molecule has 2 aromatic heterocycles. The molecule has 4 aromatic rings. The first-order valence-electron chi connectivity index (χ1n) is 10.4. The minimum absolute atomic E-state index is 0.297. The van der Waals surface area contributed by atoms with E-state index in [-0.39, 0.29) is 6.04 Å². The van der Waals surface area contributed by atoms with Crippen LogP contribution in [-0.4, -0.2) is 31.3 Å². The van der Waals surface area contributed by atoms with Gasteiger partial charge in [0.1, 0.15) is 5.75 Å². The van der Waals surface area contributed by atoms with Gasteiger partial charge in [-0.15, -0.1) is 5.10 Å². The minimum atomic E-state index is -0.567. The highest BCUT2D eigenvalue weighted by Crippen LogP contribution is 2.29. The van der Waals surface area contributed by atoms with E-state index in [1.807, 2.05) is 75.4 Å². The third-order valence-electron chi connectivity index (χ3n) is 5.05. The number of aromatic nitrogens is 5.